The van der Waals surface area contributed by atoms with Gasteiger partial charge in [-0.25, -0.2) is 0 Å². The zero-order valence-corrected chi connectivity index (χ0v) is 13.3. The van der Waals surface area contributed by atoms with E-state index in [1.165, 1.54) is 0 Å². The Morgan fingerprint density at radius 1 is 1.25 bits per heavy atom. The molecule has 1 N–H and O–H groups in total. The van der Waals surface area contributed by atoms with E-state index < -0.39 is 11.3 Å². The highest BCUT2D eigenvalue weighted by atomic mass is 15.1. The van der Waals surface area contributed by atoms with Gasteiger partial charge in [-0.05, 0) is 36.7 Å². The predicted molar refractivity (Wildman–Crippen MR) is 86.6 cm³/mol. The number of fused-ring (bicyclic) bond motifs is 1. The van der Waals surface area contributed by atoms with Gasteiger partial charge in [-0.1, -0.05) is 0 Å². The smallest absolute Gasteiger partial charge is 0.193 e. The first-order valence-corrected chi connectivity index (χ1v) is 7.72. The molecule has 1 aliphatic heterocycles. The van der Waals surface area contributed by atoms with Crippen molar-refractivity contribution in [1.82, 2.24) is 9.88 Å². The lowest BCUT2D eigenvalue weighted by Gasteiger charge is -2.45. The highest BCUT2D eigenvalue weighted by Gasteiger charge is 2.55. The van der Waals surface area contributed by atoms with Gasteiger partial charge < -0.3 is 10.3 Å². The minimum atomic E-state index is -1.65. The van der Waals surface area contributed by atoms with Crippen LogP contribution >= 0.6 is 0 Å². The molecule has 1 saturated heterocycles. The number of nitrogens with zero attached hydrogens (tertiary/aromatic N) is 5. The monoisotopic (exact) mass is 316 g/mol. The van der Waals surface area contributed by atoms with Crippen molar-refractivity contribution in [3.8, 4) is 18.2 Å². The second-order valence-corrected chi connectivity index (χ2v) is 6.30. The fourth-order valence-electron chi connectivity index (χ4n) is 3.92. The molecular weight excluding hydrogens is 300 g/mol. The molecule has 3 rings (SSSR count). The van der Waals surface area contributed by atoms with Crippen molar-refractivity contribution in [2.75, 3.05) is 20.1 Å². The van der Waals surface area contributed by atoms with Gasteiger partial charge in [-0.15, -0.1) is 0 Å². The number of aromatic nitrogens is 1. The molecule has 2 atom stereocenters. The van der Waals surface area contributed by atoms with Gasteiger partial charge in [0.15, 0.2) is 5.41 Å². The second kappa shape index (κ2) is 5.89. The molecule has 0 saturated carbocycles. The number of nitrogens with one attached hydrogen (secondary N) is 1. The molecule has 2 heterocycles. The van der Waals surface area contributed by atoms with Crippen LogP contribution in [0.4, 0.5) is 0 Å². The highest BCUT2D eigenvalue weighted by molar-refractivity contribution is 6.11. The van der Waals surface area contributed by atoms with Crippen molar-refractivity contribution in [1.29, 1.82) is 21.2 Å². The summed E-state index contributed by atoms with van der Waals surface area (Å²) in [5, 5.41) is 37.7. The second-order valence-electron chi connectivity index (χ2n) is 6.30. The van der Waals surface area contributed by atoms with E-state index in [0.717, 1.165) is 17.7 Å². The summed E-state index contributed by atoms with van der Waals surface area (Å²) in [6, 6.07) is 9.81. The first-order valence-electron chi connectivity index (χ1n) is 7.72. The van der Waals surface area contributed by atoms with E-state index in [0.29, 0.717) is 13.0 Å². The molecule has 1 aromatic rings. The highest BCUT2D eigenvalue weighted by Crippen LogP contribution is 2.52. The topological polar surface area (TPSA) is 111 Å². The average Bonchev–Trinajstić information content (AvgIpc) is 2.62. The van der Waals surface area contributed by atoms with Crippen molar-refractivity contribution in [3.63, 3.8) is 0 Å². The number of nitriles is 3. The van der Waals surface area contributed by atoms with Crippen LogP contribution < -0.4 is 0 Å². The van der Waals surface area contributed by atoms with Crippen molar-refractivity contribution in [2.24, 2.45) is 11.3 Å². The Morgan fingerprint density at radius 3 is 2.50 bits per heavy atom. The van der Waals surface area contributed by atoms with Gasteiger partial charge in [0, 0.05) is 37.3 Å². The molecule has 24 heavy (non-hydrogen) atoms. The SMILES string of the molecule is CN1CCC2=C(C#N)C(=N)C(C#N)(C#N)C(c3ccncc3)C2C1. The Morgan fingerprint density at radius 2 is 1.92 bits per heavy atom. The lowest BCUT2D eigenvalue weighted by molar-refractivity contribution is 0.213. The summed E-state index contributed by atoms with van der Waals surface area (Å²) < 4.78 is 0. The van der Waals surface area contributed by atoms with Gasteiger partial charge in [0.1, 0.15) is 6.07 Å². The largest absolute Gasteiger partial charge is 0.305 e. The number of rotatable bonds is 1. The molecule has 6 nitrogen and oxygen atoms in total. The molecule has 2 aliphatic rings. The fourth-order valence-corrected chi connectivity index (χ4v) is 3.92. The molecule has 118 valence electrons. The van der Waals surface area contributed by atoms with Crippen molar-refractivity contribution in [2.45, 2.75) is 12.3 Å². The van der Waals surface area contributed by atoms with Crippen molar-refractivity contribution in [3.05, 3.63) is 41.2 Å². The zero-order valence-electron chi connectivity index (χ0n) is 13.3. The number of allylic oxidation sites excluding steroid dienone is 1. The van der Waals surface area contributed by atoms with Crippen LogP contribution in [0.3, 0.4) is 0 Å². The first kappa shape index (κ1) is 15.9. The van der Waals surface area contributed by atoms with E-state index in [1.54, 1.807) is 24.5 Å². The Labute approximate surface area is 140 Å². The number of hydrogen-bond acceptors (Lipinski definition) is 6. The summed E-state index contributed by atoms with van der Waals surface area (Å²) in [7, 11) is 1.99. The standard InChI is InChI=1S/C18H16N6/c1-24-7-4-13-14(8-19)17(22)18(10-20,11-21)16(15(13)9-24)12-2-5-23-6-3-12/h2-3,5-6,15-16,22H,4,7,9H2,1H3. The van der Waals surface area contributed by atoms with Gasteiger partial charge in [0.2, 0.25) is 0 Å². The van der Waals surface area contributed by atoms with Crippen LogP contribution in [-0.4, -0.2) is 35.7 Å². The van der Waals surface area contributed by atoms with Crippen LogP contribution in [0.15, 0.2) is 35.7 Å². The van der Waals surface area contributed by atoms with Crippen LogP contribution in [0.25, 0.3) is 0 Å². The molecule has 0 amide bonds. The maximum absolute atomic E-state index is 9.84. The van der Waals surface area contributed by atoms with E-state index in [9.17, 15) is 15.8 Å². The summed E-state index contributed by atoms with van der Waals surface area (Å²) in [6.45, 7) is 1.46. The summed E-state index contributed by atoms with van der Waals surface area (Å²) in [5.41, 5.74) is 0.129. The van der Waals surface area contributed by atoms with Gasteiger partial charge in [-0.3, -0.25) is 4.98 Å². The third-order valence-corrected chi connectivity index (χ3v) is 5.08. The molecule has 0 spiro atoms. The minimum Gasteiger partial charge on any atom is -0.305 e. The van der Waals surface area contributed by atoms with Crippen LogP contribution in [0.5, 0.6) is 0 Å². The molecular formula is C18H16N6. The van der Waals surface area contributed by atoms with Crippen LogP contribution in [0, 0.1) is 50.7 Å². The van der Waals surface area contributed by atoms with Gasteiger partial charge in [0.05, 0.1) is 23.4 Å². The van der Waals surface area contributed by atoms with Gasteiger partial charge >= 0.3 is 0 Å². The number of likely N-dealkylation sites (tertiary alicyclic amines) is 1. The molecule has 2 unspecified atom stereocenters. The maximum Gasteiger partial charge on any atom is 0.193 e. The Hall–Kier alpha value is -3.01. The molecule has 0 bridgehead atoms. The Kier molecular flexibility index (Phi) is 3.89. The quantitative estimate of drug-likeness (QED) is 0.851. The maximum atomic E-state index is 9.84. The number of hydrogen-bond donors (Lipinski definition) is 1. The third kappa shape index (κ3) is 2.11. The Bertz CT molecular complexity index is 819. The average molecular weight is 316 g/mol. The van der Waals surface area contributed by atoms with Gasteiger partial charge in [-0.2, -0.15) is 15.8 Å². The normalized spacial score (nSPS) is 26.0. The summed E-state index contributed by atoms with van der Waals surface area (Å²) in [4.78, 5) is 6.16. The van der Waals surface area contributed by atoms with E-state index in [4.69, 9.17) is 5.41 Å². The molecule has 0 radical (unpaired) electrons. The van der Waals surface area contributed by atoms with Gasteiger partial charge in [0.25, 0.3) is 0 Å². The number of pyridine rings is 1. The molecule has 0 aromatic carbocycles. The molecule has 6 heteroatoms. The Balaban J connectivity index is 2.29. The third-order valence-electron chi connectivity index (χ3n) is 5.08. The fraction of sp³-hybridized carbons (Fsp3) is 0.389. The predicted octanol–water partition coefficient (Wildman–Crippen LogP) is 2.00. The molecule has 1 fully saturated rings. The van der Waals surface area contributed by atoms with E-state index in [2.05, 4.69) is 28.1 Å². The lowest BCUT2D eigenvalue weighted by Crippen LogP contribution is -2.49. The van der Waals surface area contributed by atoms with Crippen molar-refractivity contribution < 1.29 is 0 Å². The van der Waals surface area contributed by atoms with Crippen molar-refractivity contribution >= 4 is 5.71 Å². The zero-order chi connectivity index (χ0) is 17.3. The summed E-state index contributed by atoms with van der Waals surface area (Å²) in [5.74, 6) is -0.605. The summed E-state index contributed by atoms with van der Waals surface area (Å²) in [6.07, 6.45) is 3.95. The van der Waals surface area contributed by atoms with E-state index >= 15 is 0 Å². The molecule has 1 aliphatic carbocycles. The molecule has 1 aromatic heterocycles. The minimum absolute atomic E-state index is 0.130. The summed E-state index contributed by atoms with van der Waals surface area (Å²) >= 11 is 0. The van der Waals surface area contributed by atoms with E-state index in [1.807, 2.05) is 7.05 Å². The van der Waals surface area contributed by atoms with E-state index in [-0.39, 0.29) is 17.2 Å². The lowest BCUT2D eigenvalue weighted by atomic mass is 9.57. The van der Waals surface area contributed by atoms with Crippen LogP contribution in [0.2, 0.25) is 0 Å². The number of piperidine rings is 1. The van der Waals surface area contributed by atoms with Crippen LogP contribution in [0.1, 0.15) is 17.9 Å². The van der Waals surface area contributed by atoms with Crippen LogP contribution in [-0.2, 0) is 0 Å². The first-order chi connectivity index (χ1) is 11.6.